The lowest BCUT2D eigenvalue weighted by Crippen LogP contribution is -2.05. The Morgan fingerprint density at radius 1 is 1.44 bits per heavy atom. The molecule has 0 bridgehead atoms. The zero-order valence-electron chi connectivity index (χ0n) is 9.94. The molecular formula is C11H17N5. The van der Waals surface area contributed by atoms with Gasteiger partial charge < -0.3 is 5.73 Å². The maximum atomic E-state index is 6.12. The second-order valence-electron chi connectivity index (χ2n) is 3.90. The summed E-state index contributed by atoms with van der Waals surface area (Å²) in [6, 6.07) is 0. The van der Waals surface area contributed by atoms with Crippen molar-refractivity contribution < 1.29 is 0 Å². The predicted octanol–water partition coefficient (Wildman–Crippen LogP) is 1.45. The van der Waals surface area contributed by atoms with Crippen LogP contribution in [0.1, 0.15) is 24.9 Å². The van der Waals surface area contributed by atoms with Crippen molar-refractivity contribution in [2.45, 2.75) is 26.7 Å². The van der Waals surface area contributed by atoms with Gasteiger partial charge in [0.15, 0.2) is 5.82 Å². The molecule has 0 radical (unpaired) electrons. The quantitative estimate of drug-likeness (QED) is 0.849. The Hall–Kier alpha value is -1.78. The van der Waals surface area contributed by atoms with Crippen LogP contribution in [0.15, 0.2) is 12.4 Å². The molecule has 2 aromatic rings. The second-order valence-corrected chi connectivity index (χ2v) is 3.90. The molecule has 0 aliphatic carbocycles. The first kappa shape index (κ1) is 10.7. The fourth-order valence-electron chi connectivity index (χ4n) is 1.89. The van der Waals surface area contributed by atoms with Gasteiger partial charge in [-0.05, 0) is 13.3 Å². The molecule has 0 aliphatic heterocycles. The summed E-state index contributed by atoms with van der Waals surface area (Å²) < 4.78 is 3.77. The molecule has 2 rings (SSSR count). The topological polar surface area (TPSA) is 61.7 Å². The third kappa shape index (κ3) is 1.58. The summed E-state index contributed by atoms with van der Waals surface area (Å²) in [5, 5.41) is 4.44. The van der Waals surface area contributed by atoms with Crippen molar-refractivity contribution in [1.82, 2.24) is 19.3 Å². The molecule has 0 saturated heterocycles. The molecule has 0 aromatic carbocycles. The number of nitrogen functional groups attached to an aromatic ring is 1. The van der Waals surface area contributed by atoms with E-state index in [9.17, 15) is 0 Å². The number of anilines is 1. The van der Waals surface area contributed by atoms with E-state index in [0.717, 1.165) is 35.9 Å². The van der Waals surface area contributed by atoms with Crippen LogP contribution in [0.5, 0.6) is 0 Å². The number of hydrogen-bond acceptors (Lipinski definition) is 3. The minimum Gasteiger partial charge on any atom is -0.394 e. The molecule has 0 amide bonds. The van der Waals surface area contributed by atoms with E-state index in [0.29, 0.717) is 0 Å². The van der Waals surface area contributed by atoms with Crippen molar-refractivity contribution in [2.24, 2.45) is 7.05 Å². The van der Waals surface area contributed by atoms with Crippen LogP contribution in [0.3, 0.4) is 0 Å². The molecule has 0 spiro atoms. The Bertz CT molecular complexity index is 494. The Morgan fingerprint density at radius 3 is 2.75 bits per heavy atom. The lowest BCUT2D eigenvalue weighted by atomic mass is 10.2. The first-order chi connectivity index (χ1) is 7.65. The van der Waals surface area contributed by atoms with Crippen molar-refractivity contribution in [2.75, 3.05) is 5.73 Å². The Morgan fingerprint density at radius 2 is 2.19 bits per heavy atom. The summed E-state index contributed by atoms with van der Waals surface area (Å²) >= 11 is 0. The van der Waals surface area contributed by atoms with E-state index in [1.807, 2.05) is 29.4 Å². The number of rotatable bonds is 3. The maximum Gasteiger partial charge on any atom is 0.160 e. The molecule has 2 aromatic heterocycles. The Kier molecular flexibility index (Phi) is 2.68. The van der Waals surface area contributed by atoms with Gasteiger partial charge in [-0.25, -0.2) is 9.67 Å². The van der Waals surface area contributed by atoms with Crippen LogP contribution in [0.25, 0.3) is 5.82 Å². The van der Waals surface area contributed by atoms with Crippen molar-refractivity contribution >= 4 is 5.69 Å². The summed E-state index contributed by atoms with van der Waals surface area (Å²) in [4.78, 5) is 4.20. The number of hydrogen-bond donors (Lipinski definition) is 1. The minimum absolute atomic E-state index is 0.755. The van der Waals surface area contributed by atoms with Gasteiger partial charge in [0.25, 0.3) is 0 Å². The maximum absolute atomic E-state index is 6.12. The summed E-state index contributed by atoms with van der Waals surface area (Å²) in [6.07, 6.45) is 5.62. The molecule has 5 nitrogen and oxygen atoms in total. The highest BCUT2D eigenvalue weighted by molar-refractivity contribution is 5.58. The normalized spacial score (nSPS) is 10.9. The molecule has 16 heavy (non-hydrogen) atoms. The van der Waals surface area contributed by atoms with E-state index in [1.54, 1.807) is 6.20 Å². The molecule has 86 valence electrons. The number of imidazole rings is 1. The highest BCUT2D eigenvalue weighted by atomic mass is 15.3. The van der Waals surface area contributed by atoms with Gasteiger partial charge in [-0.1, -0.05) is 13.3 Å². The van der Waals surface area contributed by atoms with E-state index in [1.165, 1.54) is 0 Å². The van der Waals surface area contributed by atoms with E-state index < -0.39 is 0 Å². The van der Waals surface area contributed by atoms with Gasteiger partial charge >= 0.3 is 0 Å². The fourth-order valence-corrected chi connectivity index (χ4v) is 1.89. The second kappa shape index (κ2) is 4.00. The standard InChI is InChI=1S/C11H17N5/c1-4-5-9-10(12)11(15(3)14-9)16-7-6-13-8(16)2/h6-7H,4-5,12H2,1-3H3. The van der Waals surface area contributed by atoms with E-state index in [-0.39, 0.29) is 0 Å². The molecular weight excluding hydrogens is 202 g/mol. The average Bonchev–Trinajstić information content (AvgIpc) is 2.74. The van der Waals surface area contributed by atoms with Gasteiger partial charge in [-0.2, -0.15) is 5.10 Å². The van der Waals surface area contributed by atoms with Gasteiger partial charge in [0.05, 0.1) is 11.4 Å². The van der Waals surface area contributed by atoms with Crippen molar-refractivity contribution in [3.8, 4) is 5.82 Å². The summed E-state index contributed by atoms with van der Waals surface area (Å²) in [5.41, 5.74) is 7.84. The summed E-state index contributed by atoms with van der Waals surface area (Å²) in [7, 11) is 1.91. The van der Waals surface area contributed by atoms with Crippen LogP contribution in [0.4, 0.5) is 5.69 Å². The number of nitrogens with zero attached hydrogens (tertiary/aromatic N) is 4. The third-order valence-electron chi connectivity index (χ3n) is 2.67. The van der Waals surface area contributed by atoms with Crippen molar-refractivity contribution in [1.29, 1.82) is 0 Å². The Balaban J connectivity index is 2.53. The third-order valence-corrected chi connectivity index (χ3v) is 2.67. The average molecular weight is 219 g/mol. The number of aryl methyl sites for hydroxylation is 3. The first-order valence-corrected chi connectivity index (χ1v) is 5.46. The van der Waals surface area contributed by atoms with Gasteiger partial charge in [-0.15, -0.1) is 0 Å². The highest BCUT2D eigenvalue weighted by Crippen LogP contribution is 2.22. The monoisotopic (exact) mass is 219 g/mol. The van der Waals surface area contributed by atoms with Crippen LogP contribution in [0.2, 0.25) is 0 Å². The van der Waals surface area contributed by atoms with Crippen LogP contribution >= 0.6 is 0 Å². The summed E-state index contributed by atoms with van der Waals surface area (Å²) in [6.45, 7) is 4.07. The van der Waals surface area contributed by atoms with Crippen LogP contribution in [0, 0.1) is 6.92 Å². The van der Waals surface area contributed by atoms with Gasteiger partial charge in [0, 0.05) is 19.4 Å². The molecule has 0 atom stereocenters. The van der Waals surface area contributed by atoms with Crippen LogP contribution in [-0.4, -0.2) is 19.3 Å². The zero-order chi connectivity index (χ0) is 11.7. The van der Waals surface area contributed by atoms with Crippen LogP contribution in [-0.2, 0) is 13.5 Å². The fraction of sp³-hybridized carbons (Fsp3) is 0.455. The molecule has 0 saturated carbocycles. The van der Waals surface area contributed by atoms with Crippen LogP contribution < -0.4 is 5.73 Å². The van der Waals surface area contributed by atoms with E-state index in [2.05, 4.69) is 17.0 Å². The molecule has 0 aliphatic rings. The number of nitrogens with two attached hydrogens (primary N) is 1. The lowest BCUT2D eigenvalue weighted by Gasteiger charge is -2.06. The van der Waals surface area contributed by atoms with E-state index in [4.69, 9.17) is 5.73 Å². The molecule has 2 N–H and O–H groups in total. The predicted molar refractivity (Wildman–Crippen MR) is 63.5 cm³/mol. The zero-order valence-corrected chi connectivity index (χ0v) is 9.94. The van der Waals surface area contributed by atoms with Crippen molar-refractivity contribution in [3.63, 3.8) is 0 Å². The Labute approximate surface area is 94.9 Å². The lowest BCUT2D eigenvalue weighted by molar-refractivity contribution is 0.703. The van der Waals surface area contributed by atoms with E-state index >= 15 is 0 Å². The largest absolute Gasteiger partial charge is 0.394 e. The van der Waals surface area contributed by atoms with Gasteiger partial charge in [-0.3, -0.25) is 4.57 Å². The molecule has 2 heterocycles. The van der Waals surface area contributed by atoms with Gasteiger partial charge in [0.2, 0.25) is 0 Å². The van der Waals surface area contributed by atoms with Gasteiger partial charge in [0.1, 0.15) is 5.82 Å². The first-order valence-electron chi connectivity index (χ1n) is 5.46. The smallest absolute Gasteiger partial charge is 0.160 e. The highest BCUT2D eigenvalue weighted by Gasteiger charge is 2.15. The molecule has 5 heteroatoms. The summed E-state index contributed by atoms with van der Waals surface area (Å²) in [5.74, 6) is 1.82. The number of aromatic nitrogens is 4. The molecule has 0 unspecified atom stereocenters. The minimum atomic E-state index is 0.755. The molecule has 0 fully saturated rings. The van der Waals surface area contributed by atoms with Crippen molar-refractivity contribution in [3.05, 3.63) is 23.9 Å². The SMILES string of the molecule is CCCc1nn(C)c(-n2ccnc2C)c1N.